The highest BCUT2D eigenvalue weighted by Gasteiger charge is 2.27. The fraction of sp³-hybridized carbons (Fsp3) is 0.136. The van der Waals surface area contributed by atoms with Gasteiger partial charge in [-0.1, -0.05) is 42.0 Å². The lowest BCUT2D eigenvalue weighted by atomic mass is 9.90. The summed E-state index contributed by atoms with van der Waals surface area (Å²) in [7, 11) is 0. The number of fused-ring (bicyclic) bond motifs is 2. The summed E-state index contributed by atoms with van der Waals surface area (Å²) >= 11 is 0. The average Bonchev–Trinajstić information content (AvgIpc) is 2.81. The Morgan fingerprint density at radius 1 is 1.12 bits per heavy atom. The Bertz CT molecular complexity index is 959. The first kappa shape index (κ1) is 15.3. The van der Waals surface area contributed by atoms with Crippen LogP contribution >= 0.6 is 0 Å². The van der Waals surface area contributed by atoms with Crippen LogP contribution in [-0.2, 0) is 4.74 Å². The SMILES string of the molecule is Cc1ccc2c(c1)C1=C(CCO2)C(c2ccccc2)=CC(=CC#N)O1. The third-order valence-corrected chi connectivity index (χ3v) is 4.39. The Balaban J connectivity index is 1.95. The van der Waals surface area contributed by atoms with E-state index in [0.717, 1.165) is 45.8 Å². The lowest BCUT2D eigenvalue weighted by Gasteiger charge is -2.23. The van der Waals surface area contributed by atoms with Gasteiger partial charge in [-0.25, -0.2) is 0 Å². The third kappa shape index (κ3) is 2.83. The zero-order chi connectivity index (χ0) is 17.2. The van der Waals surface area contributed by atoms with Gasteiger partial charge in [-0.2, -0.15) is 5.26 Å². The molecular formula is C22H17NO2. The summed E-state index contributed by atoms with van der Waals surface area (Å²) in [6, 6.07) is 18.4. The molecule has 3 heteroatoms. The summed E-state index contributed by atoms with van der Waals surface area (Å²) in [4.78, 5) is 0. The Morgan fingerprint density at radius 3 is 2.76 bits per heavy atom. The van der Waals surface area contributed by atoms with Crippen molar-refractivity contribution < 1.29 is 9.47 Å². The van der Waals surface area contributed by atoms with Crippen molar-refractivity contribution in [2.75, 3.05) is 6.61 Å². The van der Waals surface area contributed by atoms with Gasteiger partial charge in [0.05, 0.1) is 24.3 Å². The number of aryl methyl sites for hydroxylation is 1. The molecule has 0 bridgehead atoms. The number of hydrogen-bond acceptors (Lipinski definition) is 3. The normalized spacial score (nSPS) is 17.4. The maximum atomic E-state index is 9.09. The minimum absolute atomic E-state index is 0.550. The Morgan fingerprint density at radius 2 is 1.96 bits per heavy atom. The molecule has 0 spiro atoms. The molecule has 4 rings (SSSR count). The smallest absolute Gasteiger partial charge is 0.142 e. The molecule has 2 aromatic rings. The molecule has 2 heterocycles. The van der Waals surface area contributed by atoms with E-state index in [0.29, 0.717) is 12.4 Å². The van der Waals surface area contributed by atoms with Crippen molar-refractivity contribution in [3.05, 3.63) is 88.7 Å². The third-order valence-electron chi connectivity index (χ3n) is 4.39. The van der Waals surface area contributed by atoms with Crippen molar-refractivity contribution in [2.24, 2.45) is 0 Å². The Hall–Kier alpha value is -3.25. The number of hydrogen-bond donors (Lipinski definition) is 0. The number of rotatable bonds is 1. The second-order valence-corrected chi connectivity index (χ2v) is 6.11. The molecule has 0 aromatic heterocycles. The van der Waals surface area contributed by atoms with E-state index in [1.165, 1.54) is 6.08 Å². The number of allylic oxidation sites excluding steroid dienone is 3. The van der Waals surface area contributed by atoms with Crippen LogP contribution < -0.4 is 4.74 Å². The summed E-state index contributed by atoms with van der Waals surface area (Å²) in [5.74, 6) is 2.16. The van der Waals surface area contributed by atoms with E-state index < -0.39 is 0 Å². The highest BCUT2D eigenvalue weighted by atomic mass is 16.5. The molecule has 0 N–H and O–H groups in total. The molecule has 25 heavy (non-hydrogen) atoms. The molecule has 0 fully saturated rings. The predicted octanol–water partition coefficient (Wildman–Crippen LogP) is 5.01. The van der Waals surface area contributed by atoms with E-state index >= 15 is 0 Å². The van der Waals surface area contributed by atoms with Gasteiger partial charge in [-0.05, 0) is 36.3 Å². The molecule has 122 valence electrons. The van der Waals surface area contributed by atoms with Gasteiger partial charge in [0.25, 0.3) is 0 Å². The average molecular weight is 327 g/mol. The van der Waals surface area contributed by atoms with Crippen LogP contribution in [0.25, 0.3) is 11.3 Å². The minimum atomic E-state index is 0.550. The van der Waals surface area contributed by atoms with Crippen LogP contribution in [0.15, 0.2) is 72.0 Å². The molecule has 2 aliphatic rings. The van der Waals surface area contributed by atoms with Gasteiger partial charge >= 0.3 is 0 Å². The molecule has 0 saturated carbocycles. The van der Waals surface area contributed by atoms with E-state index in [4.69, 9.17) is 14.7 Å². The van der Waals surface area contributed by atoms with Crippen molar-refractivity contribution in [1.29, 1.82) is 5.26 Å². The van der Waals surface area contributed by atoms with Crippen molar-refractivity contribution in [3.8, 4) is 11.8 Å². The van der Waals surface area contributed by atoms with Crippen molar-refractivity contribution in [3.63, 3.8) is 0 Å². The predicted molar refractivity (Wildman–Crippen MR) is 97.4 cm³/mol. The number of nitriles is 1. The zero-order valence-corrected chi connectivity index (χ0v) is 14.0. The first-order valence-corrected chi connectivity index (χ1v) is 8.28. The molecule has 0 amide bonds. The van der Waals surface area contributed by atoms with E-state index in [1.807, 2.05) is 43.3 Å². The van der Waals surface area contributed by atoms with Crippen LogP contribution in [0.2, 0.25) is 0 Å². The summed E-state index contributed by atoms with van der Waals surface area (Å²) in [6.45, 7) is 2.65. The largest absolute Gasteiger partial charge is 0.492 e. The molecule has 0 unspecified atom stereocenters. The van der Waals surface area contributed by atoms with Gasteiger partial charge in [-0.15, -0.1) is 0 Å². The van der Waals surface area contributed by atoms with Crippen LogP contribution in [0.3, 0.4) is 0 Å². The Labute approximate surface area is 147 Å². The minimum Gasteiger partial charge on any atom is -0.492 e. The molecule has 0 saturated heterocycles. The van der Waals surface area contributed by atoms with Gasteiger partial charge in [0, 0.05) is 12.0 Å². The summed E-state index contributed by atoms with van der Waals surface area (Å²) < 4.78 is 12.0. The van der Waals surface area contributed by atoms with Crippen LogP contribution in [0, 0.1) is 18.3 Å². The van der Waals surface area contributed by atoms with Crippen molar-refractivity contribution in [2.45, 2.75) is 13.3 Å². The first-order valence-electron chi connectivity index (χ1n) is 8.28. The van der Waals surface area contributed by atoms with E-state index in [1.54, 1.807) is 0 Å². The van der Waals surface area contributed by atoms with Crippen LogP contribution in [0.4, 0.5) is 0 Å². The Kier molecular flexibility index (Phi) is 3.87. The summed E-state index contributed by atoms with van der Waals surface area (Å²) in [6.07, 6.45) is 4.13. The van der Waals surface area contributed by atoms with E-state index in [2.05, 4.69) is 24.3 Å². The molecule has 2 aromatic carbocycles. The summed E-state index contributed by atoms with van der Waals surface area (Å²) in [5, 5.41) is 9.09. The van der Waals surface area contributed by atoms with E-state index in [-0.39, 0.29) is 0 Å². The maximum absolute atomic E-state index is 9.09. The van der Waals surface area contributed by atoms with Gasteiger partial charge in [0.1, 0.15) is 17.3 Å². The second-order valence-electron chi connectivity index (χ2n) is 6.11. The highest BCUT2D eigenvalue weighted by molar-refractivity contribution is 5.92. The molecule has 0 atom stereocenters. The lowest BCUT2D eigenvalue weighted by Crippen LogP contribution is -2.05. The van der Waals surface area contributed by atoms with Gasteiger partial charge in [0.15, 0.2) is 0 Å². The second kappa shape index (κ2) is 6.33. The monoisotopic (exact) mass is 327 g/mol. The zero-order valence-electron chi connectivity index (χ0n) is 14.0. The van der Waals surface area contributed by atoms with Gasteiger partial charge in [-0.3, -0.25) is 0 Å². The van der Waals surface area contributed by atoms with Crippen LogP contribution in [0.1, 0.15) is 23.1 Å². The van der Waals surface area contributed by atoms with Gasteiger partial charge < -0.3 is 9.47 Å². The van der Waals surface area contributed by atoms with Crippen LogP contribution in [-0.4, -0.2) is 6.61 Å². The number of nitrogens with zero attached hydrogens (tertiary/aromatic N) is 1. The van der Waals surface area contributed by atoms with Crippen molar-refractivity contribution >= 4 is 11.3 Å². The molecular weight excluding hydrogens is 310 g/mol. The molecule has 2 aliphatic heterocycles. The standard InChI is InChI=1S/C22H17NO2/c1-15-7-8-21-20(13-15)22-18(10-12-24-21)19(14-17(25-22)9-11-23)16-5-3-2-4-6-16/h2-9,13-14H,10,12H2,1H3. The van der Waals surface area contributed by atoms with Crippen LogP contribution in [0.5, 0.6) is 5.75 Å². The quantitative estimate of drug-likeness (QED) is 0.691. The molecule has 0 aliphatic carbocycles. The highest BCUT2D eigenvalue weighted by Crippen LogP contribution is 2.43. The van der Waals surface area contributed by atoms with E-state index in [9.17, 15) is 0 Å². The number of ether oxygens (including phenoxy) is 2. The molecule has 3 nitrogen and oxygen atoms in total. The maximum Gasteiger partial charge on any atom is 0.142 e. The first-order chi connectivity index (χ1) is 12.3. The topological polar surface area (TPSA) is 42.2 Å². The van der Waals surface area contributed by atoms with Crippen molar-refractivity contribution in [1.82, 2.24) is 0 Å². The summed E-state index contributed by atoms with van der Waals surface area (Å²) in [5.41, 5.74) is 5.39. The fourth-order valence-corrected chi connectivity index (χ4v) is 3.25. The number of benzene rings is 2. The lowest BCUT2D eigenvalue weighted by molar-refractivity contribution is 0.325. The molecule has 0 radical (unpaired) electrons. The van der Waals surface area contributed by atoms with Gasteiger partial charge in [0.2, 0.25) is 0 Å². The fourth-order valence-electron chi connectivity index (χ4n) is 3.25.